The number of nitrogens with one attached hydrogen (secondary N) is 2. The third-order valence-electron chi connectivity index (χ3n) is 4.08. The van der Waals surface area contributed by atoms with Crippen LogP contribution in [0.1, 0.15) is 16.8 Å². The Kier molecular flexibility index (Phi) is 5.65. The molecule has 0 bridgehead atoms. The summed E-state index contributed by atoms with van der Waals surface area (Å²) in [4.78, 5) is 14.5. The molecular formula is C21H22N2O2. The van der Waals surface area contributed by atoms with Crippen LogP contribution >= 0.6 is 0 Å². The van der Waals surface area contributed by atoms with Crippen LogP contribution in [0.25, 0.3) is 17.0 Å². The van der Waals surface area contributed by atoms with Crippen molar-refractivity contribution in [1.29, 1.82) is 0 Å². The molecule has 4 nitrogen and oxygen atoms in total. The van der Waals surface area contributed by atoms with E-state index >= 15 is 0 Å². The van der Waals surface area contributed by atoms with Crippen LogP contribution in [0.2, 0.25) is 0 Å². The van der Waals surface area contributed by atoms with Crippen molar-refractivity contribution in [3.63, 3.8) is 0 Å². The molecule has 0 amide bonds. The Labute approximate surface area is 147 Å². The average Bonchev–Trinajstić information content (AvgIpc) is 3.07. The van der Waals surface area contributed by atoms with Crippen molar-refractivity contribution in [3.8, 4) is 0 Å². The fourth-order valence-corrected chi connectivity index (χ4v) is 2.70. The van der Waals surface area contributed by atoms with Gasteiger partial charge in [0.25, 0.3) is 0 Å². The lowest BCUT2D eigenvalue weighted by molar-refractivity contribution is -0.134. The van der Waals surface area contributed by atoms with Crippen LogP contribution in [0, 0.1) is 0 Å². The predicted octanol–water partition coefficient (Wildman–Crippen LogP) is 3.69. The molecule has 0 saturated carbocycles. The SMILES string of the molecule is COC(=O)/C=C/c1ccc(CNCCc2cc3ccccc3[nH]2)cc1. The third-order valence-corrected chi connectivity index (χ3v) is 4.08. The summed E-state index contributed by atoms with van der Waals surface area (Å²) >= 11 is 0. The van der Waals surface area contributed by atoms with Crippen LogP contribution in [0.3, 0.4) is 0 Å². The second-order valence-electron chi connectivity index (χ2n) is 5.91. The van der Waals surface area contributed by atoms with E-state index in [1.165, 1.54) is 35.3 Å². The van der Waals surface area contributed by atoms with Gasteiger partial charge in [0.05, 0.1) is 7.11 Å². The zero-order valence-electron chi connectivity index (χ0n) is 14.3. The summed E-state index contributed by atoms with van der Waals surface area (Å²) in [5.74, 6) is -0.345. The summed E-state index contributed by atoms with van der Waals surface area (Å²) in [6.45, 7) is 1.73. The van der Waals surface area contributed by atoms with Crippen molar-refractivity contribution in [2.45, 2.75) is 13.0 Å². The first-order valence-electron chi connectivity index (χ1n) is 8.37. The average molecular weight is 334 g/mol. The van der Waals surface area contributed by atoms with E-state index in [9.17, 15) is 4.79 Å². The summed E-state index contributed by atoms with van der Waals surface area (Å²) < 4.78 is 4.58. The summed E-state index contributed by atoms with van der Waals surface area (Å²) in [5.41, 5.74) is 4.63. The Morgan fingerprint density at radius 3 is 2.72 bits per heavy atom. The van der Waals surface area contributed by atoms with Crippen molar-refractivity contribution >= 4 is 22.9 Å². The van der Waals surface area contributed by atoms with Gasteiger partial charge in [-0.3, -0.25) is 0 Å². The van der Waals surface area contributed by atoms with Crippen LogP contribution in [0.4, 0.5) is 0 Å². The minimum atomic E-state index is -0.345. The minimum Gasteiger partial charge on any atom is -0.466 e. The summed E-state index contributed by atoms with van der Waals surface area (Å²) in [5, 5.41) is 4.72. The van der Waals surface area contributed by atoms with Crippen molar-refractivity contribution in [2.75, 3.05) is 13.7 Å². The van der Waals surface area contributed by atoms with Gasteiger partial charge < -0.3 is 15.0 Å². The number of H-pyrrole nitrogens is 1. The summed E-state index contributed by atoms with van der Waals surface area (Å²) in [6, 6.07) is 18.6. The first kappa shape index (κ1) is 17.0. The molecule has 0 aliphatic heterocycles. The van der Waals surface area contributed by atoms with E-state index < -0.39 is 0 Å². The number of esters is 1. The van der Waals surface area contributed by atoms with E-state index in [-0.39, 0.29) is 5.97 Å². The van der Waals surface area contributed by atoms with Crippen LogP contribution in [0.5, 0.6) is 0 Å². The zero-order valence-corrected chi connectivity index (χ0v) is 14.3. The highest BCUT2D eigenvalue weighted by atomic mass is 16.5. The van der Waals surface area contributed by atoms with Crippen LogP contribution < -0.4 is 5.32 Å². The largest absolute Gasteiger partial charge is 0.466 e. The van der Waals surface area contributed by atoms with E-state index in [1.54, 1.807) is 6.08 Å². The molecule has 2 aromatic carbocycles. The molecule has 0 saturated heterocycles. The van der Waals surface area contributed by atoms with E-state index in [0.717, 1.165) is 25.1 Å². The lowest BCUT2D eigenvalue weighted by Crippen LogP contribution is -2.16. The molecule has 0 aliphatic rings. The molecule has 0 fully saturated rings. The van der Waals surface area contributed by atoms with Crippen molar-refractivity contribution in [2.24, 2.45) is 0 Å². The number of aromatic nitrogens is 1. The Hall–Kier alpha value is -2.85. The van der Waals surface area contributed by atoms with Crippen molar-refractivity contribution < 1.29 is 9.53 Å². The lowest BCUT2D eigenvalue weighted by atomic mass is 10.1. The first-order valence-corrected chi connectivity index (χ1v) is 8.37. The quantitative estimate of drug-likeness (QED) is 0.394. The second kappa shape index (κ2) is 8.31. The van der Waals surface area contributed by atoms with Crippen LogP contribution in [-0.2, 0) is 22.5 Å². The molecule has 1 heterocycles. The maximum Gasteiger partial charge on any atom is 0.330 e. The molecule has 0 aliphatic carbocycles. The number of methoxy groups -OCH3 is 1. The van der Waals surface area contributed by atoms with E-state index in [4.69, 9.17) is 0 Å². The first-order chi connectivity index (χ1) is 12.2. The molecule has 0 spiro atoms. The van der Waals surface area contributed by atoms with Gasteiger partial charge in [0, 0.05) is 30.4 Å². The monoisotopic (exact) mass is 334 g/mol. The Balaban J connectivity index is 1.45. The van der Waals surface area contributed by atoms with Crippen molar-refractivity contribution in [3.05, 3.63) is 77.5 Å². The lowest BCUT2D eigenvalue weighted by Gasteiger charge is -2.05. The fraction of sp³-hybridized carbons (Fsp3) is 0.190. The molecule has 1 aromatic heterocycles. The topological polar surface area (TPSA) is 54.1 Å². The maximum atomic E-state index is 11.1. The number of para-hydroxylation sites is 1. The van der Waals surface area contributed by atoms with Gasteiger partial charge in [-0.25, -0.2) is 4.79 Å². The Morgan fingerprint density at radius 1 is 1.16 bits per heavy atom. The minimum absolute atomic E-state index is 0.345. The van der Waals surface area contributed by atoms with Gasteiger partial charge in [-0.15, -0.1) is 0 Å². The molecule has 2 N–H and O–H groups in total. The van der Waals surface area contributed by atoms with Gasteiger partial charge in [0.1, 0.15) is 0 Å². The second-order valence-corrected chi connectivity index (χ2v) is 5.91. The van der Waals surface area contributed by atoms with Gasteiger partial charge >= 0.3 is 5.97 Å². The maximum absolute atomic E-state index is 11.1. The number of carbonyl (C=O) groups excluding carboxylic acids is 1. The highest BCUT2D eigenvalue weighted by Crippen LogP contribution is 2.14. The number of benzene rings is 2. The zero-order chi connectivity index (χ0) is 17.5. The summed E-state index contributed by atoms with van der Waals surface area (Å²) in [6.07, 6.45) is 4.14. The molecule has 4 heteroatoms. The molecule has 0 radical (unpaired) electrons. The van der Waals surface area contributed by atoms with Crippen LogP contribution in [0.15, 0.2) is 60.7 Å². The van der Waals surface area contributed by atoms with Gasteiger partial charge in [0.15, 0.2) is 0 Å². The predicted molar refractivity (Wildman–Crippen MR) is 101 cm³/mol. The highest BCUT2D eigenvalue weighted by molar-refractivity contribution is 5.86. The number of hydrogen-bond donors (Lipinski definition) is 2. The van der Waals surface area contributed by atoms with E-state index in [1.807, 2.05) is 18.2 Å². The molecule has 0 atom stereocenters. The van der Waals surface area contributed by atoms with E-state index in [0.29, 0.717) is 0 Å². The number of hydrogen-bond acceptors (Lipinski definition) is 3. The van der Waals surface area contributed by atoms with Gasteiger partial charge in [0.2, 0.25) is 0 Å². The Morgan fingerprint density at radius 2 is 1.96 bits per heavy atom. The number of rotatable bonds is 7. The Bertz CT molecular complexity index is 830. The van der Waals surface area contributed by atoms with Crippen molar-refractivity contribution in [1.82, 2.24) is 10.3 Å². The smallest absolute Gasteiger partial charge is 0.330 e. The number of ether oxygens (including phenoxy) is 1. The van der Waals surface area contributed by atoms with Gasteiger partial charge in [-0.05, 0) is 41.1 Å². The fourth-order valence-electron chi connectivity index (χ4n) is 2.70. The van der Waals surface area contributed by atoms with Gasteiger partial charge in [-0.2, -0.15) is 0 Å². The molecule has 3 rings (SSSR count). The standard InChI is InChI=1S/C21H22N2O2/c1-25-21(24)11-10-16-6-8-17(9-7-16)15-22-13-12-19-14-18-4-2-3-5-20(18)23-19/h2-11,14,22-23H,12-13,15H2,1H3/b11-10+. The molecule has 0 unspecified atom stereocenters. The summed E-state index contributed by atoms with van der Waals surface area (Å²) in [7, 11) is 1.37. The molecule has 128 valence electrons. The number of fused-ring (bicyclic) bond motifs is 1. The van der Waals surface area contributed by atoms with E-state index in [2.05, 4.69) is 51.4 Å². The molecular weight excluding hydrogens is 312 g/mol. The third kappa shape index (κ3) is 4.81. The van der Waals surface area contributed by atoms with Crippen LogP contribution in [-0.4, -0.2) is 24.6 Å². The number of carbonyl (C=O) groups is 1. The van der Waals surface area contributed by atoms with Gasteiger partial charge in [-0.1, -0.05) is 42.5 Å². The normalized spacial score (nSPS) is 11.2. The number of aromatic amines is 1. The molecule has 3 aromatic rings. The highest BCUT2D eigenvalue weighted by Gasteiger charge is 2.00. The molecule has 25 heavy (non-hydrogen) atoms.